The van der Waals surface area contributed by atoms with Crippen LogP contribution in [0.3, 0.4) is 0 Å². The highest BCUT2D eigenvalue weighted by Gasteiger charge is 2.44. The molecule has 6 amide bonds. The number of hydrogen-bond donors (Lipinski definition) is 8. The number of para-hydroxylation sites is 1. The number of β-amino-alcohol motifs (C(OH)–C–C–N with tert-alkyl or cyclic N) is 1. The summed E-state index contributed by atoms with van der Waals surface area (Å²) in [6, 6.07) is 28.6. The van der Waals surface area contributed by atoms with E-state index in [4.69, 9.17) is 0 Å². The molecule has 366 valence electrons. The Morgan fingerprint density at radius 1 is 0.859 bits per heavy atom. The number of aliphatic hydroxyl groups is 1. The number of carbonyl (C=O) groups is 5. The minimum Gasteiger partial charge on any atom is -0.391 e. The van der Waals surface area contributed by atoms with Gasteiger partial charge < -0.3 is 46.9 Å². The lowest BCUT2D eigenvalue weighted by Gasteiger charge is -2.35. The smallest absolute Gasteiger partial charge is 0.319 e. The summed E-state index contributed by atoms with van der Waals surface area (Å²) in [7, 11) is 0. The second-order valence-electron chi connectivity index (χ2n) is 18.6. The molecule has 1 aliphatic rings. The summed E-state index contributed by atoms with van der Waals surface area (Å²) < 4.78 is 0. The number of hydrogen-bond acceptors (Lipinski definition) is 11. The number of aromatic amines is 1. The standard InChI is InChI=1S/C53H57N11O6S/c1-31(33-15-17-34(18-16-33)47-32(2)58-30-71-47)59-50(68)44-25-39(65)28-64(44)51(69)48(53(3,4)5)63-46(66)14-9-23-54-52(70)62-36-21-19-35(20-22-36)49(67)61-38-11-8-10-37(24-38)60-45-26-43(56-29-57-45)41-27-55-42-13-7-6-12-40(41)42/h6-8,10-13,15-22,24,26-27,29-31,39,44,48,55,65H,9,14,23,25,28H2,1-5H3,(H,59,68)(H,61,67)(H,63,66)(H2,54,62,70)(H,56,57,60)/t31-,39+,44?,48+/m0/s1. The minimum absolute atomic E-state index is 0.0156. The number of nitrogens with one attached hydrogen (secondary N) is 7. The van der Waals surface area contributed by atoms with Crippen LogP contribution in [0.2, 0.25) is 0 Å². The molecule has 0 radical (unpaired) electrons. The van der Waals surface area contributed by atoms with Gasteiger partial charge in [-0.05, 0) is 85.3 Å². The van der Waals surface area contributed by atoms with E-state index in [9.17, 15) is 29.1 Å². The number of aliphatic hydroxyl groups excluding tert-OH is 1. The van der Waals surface area contributed by atoms with Crippen molar-refractivity contribution in [3.8, 4) is 21.7 Å². The van der Waals surface area contributed by atoms with E-state index in [2.05, 4.69) is 51.8 Å². The third kappa shape index (κ3) is 12.3. The van der Waals surface area contributed by atoms with E-state index >= 15 is 0 Å². The molecule has 71 heavy (non-hydrogen) atoms. The molecule has 8 N–H and O–H groups in total. The lowest BCUT2D eigenvalue weighted by Crippen LogP contribution is -2.57. The number of rotatable bonds is 16. The van der Waals surface area contributed by atoms with Gasteiger partial charge in [0.15, 0.2) is 0 Å². The second-order valence-corrected chi connectivity index (χ2v) is 19.5. The van der Waals surface area contributed by atoms with Crippen molar-refractivity contribution in [2.75, 3.05) is 29.0 Å². The maximum absolute atomic E-state index is 14.1. The van der Waals surface area contributed by atoms with Crippen molar-refractivity contribution in [2.45, 2.75) is 78.1 Å². The number of H-pyrrole nitrogens is 1. The second kappa shape index (κ2) is 21.8. The van der Waals surface area contributed by atoms with Crippen LogP contribution in [-0.4, -0.2) is 90.9 Å². The van der Waals surface area contributed by atoms with Gasteiger partial charge in [0.2, 0.25) is 17.7 Å². The first-order valence-corrected chi connectivity index (χ1v) is 24.3. The third-order valence-corrected chi connectivity index (χ3v) is 13.2. The van der Waals surface area contributed by atoms with Crippen LogP contribution in [0, 0.1) is 12.3 Å². The topological polar surface area (TPSA) is 235 Å². The summed E-state index contributed by atoms with van der Waals surface area (Å²) in [5.41, 5.74) is 8.79. The fourth-order valence-electron chi connectivity index (χ4n) is 8.46. The Bertz CT molecular complexity index is 3040. The number of aromatic nitrogens is 4. The number of likely N-dealkylation sites (tertiary alicyclic amines) is 1. The largest absolute Gasteiger partial charge is 0.391 e. The van der Waals surface area contributed by atoms with Crippen molar-refractivity contribution < 1.29 is 29.1 Å². The van der Waals surface area contributed by atoms with E-state index in [1.807, 2.05) is 113 Å². The van der Waals surface area contributed by atoms with E-state index in [1.54, 1.807) is 47.7 Å². The van der Waals surface area contributed by atoms with E-state index in [1.165, 1.54) is 11.2 Å². The molecule has 4 aromatic carbocycles. The molecule has 4 heterocycles. The fraction of sp³-hybridized carbons (Fsp3) is 0.283. The van der Waals surface area contributed by atoms with Gasteiger partial charge in [-0.1, -0.05) is 69.3 Å². The Hall–Kier alpha value is -7.96. The fourth-order valence-corrected chi connectivity index (χ4v) is 9.27. The normalized spacial score (nSPS) is 15.4. The summed E-state index contributed by atoms with van der Waals surface area (Å²) in [6.07, 6.45) is 2.89. The van der Waals surface area contributed by atoms with Crippen LogP contribution < -0.4 is 31.9 Å². The molecule has 1 aliphatic heterocycles. The minimum atomic E-state index is -0.985. The van der Waals surface area contributed by atoms with Crippen LogP contribution in [-0.2, 0) is 14.4 Å². The Labute approximate surface area is 415 Å². The van der Waals surface area contributed by atoms with Gasteiger partial charge in [-0.3, -0.25) is 19.2 Å². The number of nitrogens with zero attached hydrogens (tertiary/aromatic N) is 4. The molecule has 1 fully saturated rings. The first-order valence-electron chi connectivity index (χ1n) is 23.4. The molecule has 17 nitrogen and oxygen atoms in total. The molecule has 0 spiro atoms. The molecular formula is C53H57N11O6S. The highest BCUT2D eigenvalue weighted by molar-refractivity contribution is 7.13. The van der Waals surface area contributed by atoms with E-state index < -0.39 is 47.4 Å². The molecule has 0 saturated carbocycles. The van der Waals surface area contributed by atoms with E-state index in [-0.39, 0.29) is 44.3 Å². The molecule has 18 heteroatoms. The predicted molar refractivity (Wildman–Crippen MR) is 276 cm³/mol. The van der Waals surface area contributed by atoms with Crippen LogP contribution in [0.25, 0.3) is 32.6 Å². The average Bonchev–Trinajstić information content (AvgIpc) is 4.10. The summed E-state index contributed by atoms with van der Waals surface area (Å²) in [6.45, 7) is 9.42. The monoisotopic (exact) mass is 975 g/mol. The number of anilines is 4. The molecule has 4 atom stereocenters. The molecule has 3 aromatic heterocycles. The van der Waals surface area contributed by atoms with Crippen LogP contribution in [0.1, 0.15) is 74.6 Å². The molecule has 0 bridgehead atoms. The Balaban J connectivity index is 0.772. The van der Waals surface area contributed by atoms with Gasteiger partial charge >= 0.3 is 6.03 Å². The van der Waals surface area contributed by atoms with E-state index in [0.29, 0.717) is 28.4 Å². The summed E-state index contributed by atoms with van der Waals surface area (Å²) in [5, 5.41) is 29.3. The number of thiazole rings is 1. The zero-order chi connectivity index (χ0) is 50.2. The van der Waals surface area contributed by atoms with Gasteiger partial charge in [0.25, 0.3) is 5.91 Å². The zero-order valence-electron chi connectivity index (χ0n) is 40.1. The first-order chi connectivity index (χ1) is 34.1. The van der Waals surface area contributed by atoms with Crippen molar-refractivity contribution in [1.82, 2.24) is 40.8 Å². The molecule has 0 aliphatic carbocycles. The molecule has 1 saturated heterocycles. The van der Waals surface area contributed by atoms with Crippen LogP contribution in [0.5, 0.6) is 0 Å². The van der Waals surface area contributed by atoms with Crippen molar-refractivity contribution in [3.05, 3.63) is 138 Å². The first kappa shape index (κ1) is 49.5. The number of fused-ring (bicyclic) bond motifs is 1. The van der Waals surface area contributed by atoms with Gasteiger partial charge in [0.1, 0.15) is 24.2 Å². The summed E-state index contributed by atoms with van der Waals surface area (Å²) in [4.78, 5) is 85.9. The van der Waals surface area contributed by atoms with Crippen molar-refractivity contribution in [2.24, 2.45) is 5.41 Å². The number of aryl methyl sites for hydroxylation is 1. The molecular weight excluding hydrogens is 919 g/mol. The van der Waals surface area contributed by atoms with Gasteiger partial charge in [0, 0.05) is 77.3 Å². The number of carbonyl (C=O) groups excluding carboxylic acids is 5. The molecule has 7 aromatic rings. The van der Waals surface area contributed by atoms with Gasteiger partial charge in [0.05, 0.1) is 33.9 Å². The quantitative estimate of drug-likeness (QED) is 0.0431. The Kier molecular flexibility index (Phi) is 15.2. The van der Waals surface area contributed by atoms with Crippen LogP contribution >= 0.6 is 11.3 Å². The zero-order valence-corrected chi connectivity index (χ0v) is 40.9. The lowest BCUT2D eigenvalue weighted by molar-refractivity contribution is -0.144. The van der Waals surface area contributed by atoms with Crippen molar-refractivity contribution in [1.29, 1.82) is 0 Å². The predicted octanol–water partition coefficient (Wildman–Crippen LogP) is 8.32. The lowest BCUT2D eigenvalue weighted by atomic mass is 9.85. The highest BCUT2D eigenvalue weighted by atomic mass is 32.1. The third-order valence-electron chi connectivity index (χ3n) is 12.3. The maximum Gasteiger partial charge on any atom is 0.319 e. The SMILES string of the molecule is Cc1ncsc1-c1ccc([C@H](C)NC(=O)C2C[C@@H](O)CN2C(=O)[C@@H](NC(=O)CCCNC(=O)Nc2ccc(C(=O)Nc3cccc(Nc4cc(-c5c[nH]c6ccccc56)ncn4)c3)cc2)C(C)(C)C)cc1. The Morgan fingerprint density at radius 2 is 1.62 bits per heavy atom. The van der Waals surface area contributed by atoms with Gasteiger partial charge in [-0.2, -0.15) is 0 Å². The molecule has 8 rings (SSSR count). The number of amides is 6. The molecule has 1 unspecified atom stereocenters. The summed E-state index contributed by atoms with van der Waals surface area (Å²) in [5.74, 6) is -1.00. The highest BCUT2D eigenvalue weighted by Crippen LogP contribution is 2.31. The summed E-state index contributed by atoms with van der Waals surface area (Å²) >= 11 is 1.56. The van der Waals surface area contributed by atoms with Crippen molar-refractivity contribution >= 4 is 74.8 Å². The van der Waals surface area contributed by atoms with Gasteiger partial charge in [-0.25, -0.2) is 19.7 Å². The van der Waals surface area contributed by atoms with Crippen LogP contribution in [0.15, 0.2) is 121 Å². The van der Waals surface area contributed by atoms with Crippen LogP contribution in [0.4, 0.5) is 27.7 Å². The Morgan fingerprint density at radius 3 is 2.37 bits per heavy atom. The van der Waals surface area contributed by atoms with E-state index in [0.717, 1.165) is 43.9 Å². The number of urea groups is 1. The van der Waals surface area contributed by atoms with Crippen molar-refractivity contribution in [3.63, 3.8) is 0 Å². The maximum atomic E-state index is 14.1. The average molecular weight is 976 g/mol. The van der Waals surface area contributed by atoms with Gasteiger partial charge in [-0.15, -0.1) is 11.3 Å². The number of benzene rings is 4.